The third kappa shape index (κ3) is 5.21. The van der Waals surface area contributed by atoms with E-state index in [1.54, 1.807) is 6.33 Å². The molecule has 1 aliphatic rings. The molecule has 2 heterocycles. The molecule has 3 rings (SSSR count). The summed E-state index contributed by atoms with van der Waals surface area (Å²) in [5, 5.41) is 3.54. The highest BCUT2D eigenvalue weighted by atomic mass is 35.5. The van der Waals surface area contributed by atoms with Crippen molar-refractivity contribution in [3.8, 4) is 0 Å². The van der Waals surface area contributed by atoms with Gasteiger partial charge in [0.1, 0.15) is 5.52 Å². The second-order valence-corrected chi connectivity index (χ2v) is 10.2. The van der Waals surface area contributed by atoms with Crippen LogP contribution in [0.3, 0.4) is 0 Å². The summed E-state index contributed by atoms with van der Waals surface area (Å²) in [4.78, 5) is 12.5. The van der Waals surface area contributed by atoms with Crippen LogP contribution in [0.4, 0.5) is 5.95 Å². The summed E-state index contributed by atoms with van der Waals surface area (Å²) < 4.78 is 26.1. The second kappa shape index (κ2) is 8.24. The van der Waals surface area contributed by atoms with Gasteiger partial charge in [-0.2, -0.15) is 9.97 Å². The number of anilines is 1. The minimum Gasteiger partial charge on any atom is -0.368 e. The fourth-order valence-electron chi connectivity index (χ4n) is 3.17. The molecule has 1 aliphatic carbocycles. The Kier molecular flexibility index (Phi) is 6.32. The molecular weight excluding hydrogens is 403 g/mol. The van der Waals surface area contributed by atoms with Crippen molar-refractivity contribution in [2.24, 2.45) is 5.41 Å². The normalized spacial score (nSPS) is 16.4. The van der Waals surface area contributed by atoms with Crippen LogP contribution in [0.2, 0.25) is 5.15 Å². The lowest BCUT2D eigenvalue weighted by Gasteiger charge is -2.24. The molecule has 11 heteroatoms. The number of nitrogens with zero attached hydrogens (tertiary/aromatic N) is 4. The minimum absolute atomic E-state index is 0.0420. The topological polar surface area (TPSA) is 117 Å². The zero-order valence-electron chi connectivity index (χ0n) is 16.7. The van der Waals surface area contributed by atoms with E-state index < -0.39 is 7.60 Å². The molecule has 0 spiro atoms. The first kappa shape index (κ1) is 21.5. The minimum atomic E-state index is -3.20. The van der Waals surface area contributed by atoms with Crippen molar-refractivity contribution in [3.05, 3.63) is 11.5 Å². The van der Waals surface area contributed by atoms with Crippen molar-refractivity contribution >= 4 is 36.3 Å². The summed E-state index contributed by atoms with van der Waals surface area (Å²) in [7, 11) is -3.20. The Balaban J connectivity index is 1.64. The number of imidazole rings is 1. The van der Waals surface area contributed by atoms with Gasteiger partial charge in [-0.1, -0.05) is 11.6 Å². The van der Waals surface area contributed by atoms with Crippen LogP contribution < -0.4 is 11.1 Å². The highest BCUT2D eigenvalue weighted by Crippen LogP contribution is 2.51. The standard InChI is InChI=1S/C17H28ClN6O3P/c1-11(2)26-28(25,27-12(3)4)10-20-7-17(5-6-17)8-24-9-21-13-14(18)22-16(19)23-15(13)24/h9,11-12,20H,5-8,10H2,1-4H3,(H2,19,22,23). The molecular formula is C17H28ClN6O3P. The fourth-order valence-corrected chi connectivity index (χ4v) is 5.26. The number of nitrogen functional groups attached to an aromatic ring is 1. The molecule has 0 saturated heterocycles. The third-order valence-electron chi connectivity index (χ3n) is 4.45. The van der Waals surface area contributed by atoms with E-state index in [1.807, 2.05) is 32.3 Å². The van der Waals surface area contributed by atoms with Gasteiger partial charge in [-0.05, 0) is 40.5 Å². The first-order valence-corrected chi connectivity index (χ1v) is 11.5. The van der Waals surface area contributed by atoms with E-state index in [1.165, 1.54) is 0 Å². The summed E-state index contributed by atoms with van der Waals surface area (Å²) >= 11 is 6.10. The van der Waals surface area contributed by atoms with Crippen LogP contribution in [-0.4, -0.2) is 44.6 Å². The smallest absolute Gasteiger partial charge is 0.344 e. The lowest BCUT2D eigenvalue weighted by molar-refractivity contribution is 0.141. The molecule has 3 N–H and O–H groups in total. The molecule has 1 saturated carbocycles. The summed E-state index contributed by atoms with van der Waals surface area (Å²) in [6.45, 7) is 8.80. The molecule has 2 aromatic heterocycles. The van der Waals surface area contributed by atoms with E-state index in [-0.39, 0.29) is 35.0 Å². The zero-order valence-corrected chi connectivity index (χ0v) is 18.3. The molecule has 28 heavy (non-hydrogen) atoms. The number of hydrogen-bond donors (Lipinski definition) is 2. The van der Waals surface area contributed by atoms with Crippen molar-refractivity contribution in [1.29, 1.82) is 0 Å². The Labute approximate surface area is 169 Å². The Hall–Kier alpha value is -1.25. The molecule has 0 bridgehead atoms. The molecule has 0 unspecified atom stereocenters. The van der Waals surface area contributed by atoms with Gasteiger partial charge in [-0.15, -0.1) is 0 Å². The van der Waals surface area contributed by atoms with Crippen LogP contribution in [-0.2, 0) is 20.2 Å². The number of rotatable bonds is 10. The van der Waals surface area contributed by atoms with E-state index >= 15 is 0 Å². The van der Waals surface area contributed by atoms with Crippen LogP contribution in [0.15, 0.2) is 6.33 Å². The summed E-state index contributed by atoms with van der Waals surface area (Å²) in [6.07, 6.45) is 3.64. The van der Waals surface area contributed by atoms with Gasteiger partial charge >= 0.3 is 7.60 Å². The van der Waals surface area contributed by atoms with Crippen LogP contribution in [0, 0.1) is 5.41 Å². The van der Waals surface area contributed by atoms with Crippen molar-refractivity contribution in [3.63, 3.8) is 0 Å². The quantitative estimate of drug-likeness (QED) is 0.435. The first-order valence-electron chi connectivity index (χ1n) is 9.42. The van der Waals surface area contributed by atoms with E-state index in [9.17, 15) is 4.57 Å². The van der Waals surface area contributed by atoms with Crippen LogP contribution >= 0.6 is 19.2 Å². The average Bonchev–Trinajstić information content (AvgIpc) is 3.18. The van der Waals surface area contributed by atoms with E-state index in [0.717, 1.165) is 12.8 Å². The lowest BCUT2D eigenvalue weighted by Crippen LogP contribution is -2.29. The van der Waals surface area contributed by atoms with Gasteiger partial charge in [-0.3, -0.25) is 4.57 Å². The van der Waals surface area contributed by atoms with Crippen molar-refractivity contribution in [1.82, 2.24) is 24.8 Å². The van der Waals surface area contributed by atoms with Gasteiger partial charge < -0.3 is 24.7 Å². The molecule has 0 atom stereocenters. The van der Waals surface area contributed by atoms with Crippen molar-refractivity contribution < 1.29 is 13.6 Å². The number of halogens is 1. The van der Waals surface area contributed by atoms with Crippen molar-refractivity contribution in [2.45, 2.75) is 59.3 Å². The molecule has 156 valence electrons. The van der Waals surface area contributed by atoms with Gasteiger partial charge in [0.25, 0.3) is 0 Å². The second-order valence-electron chi connectivity index (χ2n) is 7.92. The Morgan fingerprint density at radius 3 is 2.50 bits per heavy atom. The number of hydrogen-bond acceptors (Lipinski definition) is 8. The maximum Gasteiger partial charge on any atom is 0.344 e. The monoisotopic (exact) mass is 430 g/mol. The summed E-state index contributed by atoms with van der Waals surface area (Å²) in [5.41, 5.74) is 6.93. The molecule has 2 aromatic rings. The number of aromatic nitrogens is 4. The van der Waals surface area contributed by atoms with Gasteiger partial charge in [0.2, 0.25) is 5.95 Å². The van der Waals surface area contributed by atoms with E-state index in [4.69, 9.17) is 26.4 Å². The predicted molar refractivity (Wildman–Crippen MR) is 109 cm³/mol. The average molecular weight is 431 g/mol. The molecule has 9 nitrogen and oxygen atoms in total. The number of fused-ring (bicyclic) bond motifs is 1. The zero-order chi connectivity index (χ0) is 20.5. The third-order valence-corrected chi connectivity index (χ3v) is 6.81. The van der Waals surface area contributed by atoms with E-state index in [0.29, 0.717) is 24.3 Å². The molecule has 0 amide bonds. The van der Waals surface area contributed by atoms with Crippen LogP contribution in [0.25, 0.3) is 11.2 Å². The van der Waals surface area contributed by atoms with Gasteiger partial charge in [0, 0.05) is 18.5 Å². The largest absolute Gasteiger partial charge is 0.368 e. The predicted octanol–water partition coefficient (Wildman–Crippen LogP) is 3.43. The Morgan fingerprint density at radius 1 is 1.29 bits per heavy atom. The van der Waals surface area contributed by atoms with Crippen molar-refractivity contribution in [2.75, 3.05) is 18.6 Å². The lowest BCUT2D eigenvalue weighted by atomic mass is 10.1. The van der Waals surface area contributed by atoms with Gasteiger partial charge in [0.05, 0.1) is 24.8 Å². The SMILES string of the molecule is CC(C)OP(=O)(CNCC1(Cn2cnc3c(Cl)nc(N)nc32)CC1)OC(C)C. The van der Waals surface area contributed by atoms with Gasteiger partial charge in [-0.25, -0.2) is 4.98 Å². The Bertz CT molecular complexity index is 869. The number of nitrogens with two attached hydrogens (primary N) is 1. The van der Waals surface area contributed by atoms with E-state index in [2.05, 4.69) is 20.3 Å². The fraction of sp³-hybridized carbons (Fsp3) is 0.706. The Morgan fingerprint density at radius 2 is 1.93 bits per heavy atom. The van der Waals surface area contributed by atoms with Gasteiger partial charge in [0.15, 0.2) is 10.8 Å². The highest BCUT2D eigenvalue weighted by Gasteiger charge is 2.43. The molecule has 0 aromatic carbocycles. The highest BCUT2D eigenvalue weighted by molar-refractivity contribution is 7.53. The maximum atomic E-state index is 12.9. The molecule has 0 aliphatic heterocycles. The maximum absolute atomic E-state index is 12.9. The number of nitrogens with one attached hydrogen (secondary N) is 1. The first-order chi connectivity index (χ1) is 13.1. The summed E-state index contributed by atoms with van der Waals surface area (Å²) in [5.74, 6) is 0.125. The van der Waals surface area contributed by atoms with Crippen LogP contribution in [0.5, 0.6) is 0 Å². The van der Waals surface area contributed by atoms with Crippen LogP contribution in [0.1, 0.15) is 40.5 Å². The molecule has 1 fully saturated rings. The summed E-state index contributed by atoms with van der Waals surface area (Å²) in [6, 6.07) is 0. The molecule has 0 radical (unpaired) electrons.